The van der Waals surface area contributed by atoms with Gasteiger partial charge in [-0.05, 0) is 67.8 Å². The number of aryl methyl sites for hydroxylation is 1. The van der Waals surface area contributed by atoms with Crippen LogP contribution in [0.5, 0.6) is 0 Å². The number of ether oxygens (including phenoxy) is 1. The number of carbonyl (C=O) groups is 4. The lowest BCUT2D eigenvalue weighted by Gasteiger charge is -2.17. The molecular formula is C26H23N3O6. The lowest BCUT2D eigenvalue weighted by molar-refractivity contribution is 0.0475. The first-order valence-corrected chi connectivity index (χ1v) is 11.3. The van der Waals surface area contributed by atoms with Crippen molar-refractivity contribution in [3.05, 3.63) is 82.8 Å². The van der Waals surface area contributed by atoms with Crippen molar-refractivity contribution in [2.24, 2.45) is 0 Å². The molecule has 3 heterocycles. The summed E-state index contributed by atoms with van der Waals surface area (Å²) in [6, 6.07) is 12.8. The summed E-state index contributed by atoms with van der Waals surface area (Å²) >= 11 is 0. The van der Waals surface area contributed by atoms with E-state index in [1.54, 1.807) is 24.3 Å². The fraction of sp³-hybridized carbons (Fsp3) is 0.231. The van der Waals surface area contributed by atoms with Gasteiger partial charge in [0.05, 0.1) is 41.4 Å². The summed E-state index contributed by atoms with van der Waals surface area (Å²) in [5, 5.41) is 5.52. The fourth-order valence-corrected chi connectivity index (χ4v) is 4.25. The van der Waals surface area contributed by atoms with Gasteiger partial charge in [-0.15, -0.1) is 0 Å². The van der Waals surface area contributed by atoms with Gasteiger partial charge in [-0.3, -0.25) is 24.1 Å². The summed E-state index contributed by atoms with van der Waals surface area (Å²) in [6.07, 6.45) is 2.95. The second kappa shape index (κ2) is 9.19. The predicted molar refractivity (Wildman–Crippen MR) is 127 cm³/mol. The van der Waals surface area contributed by atoms with Crippen molar-refractivity contribution in [1.82, 2.24) is 4.90 Å². The topological polar surface area (TPSA) is 118 Å². The van der Waals surface area contributed by atoms with Gasteiger partial charge < -0.3 is 19.8 Å². The number of rotatable bonds is 6. The average molecular weight is 473 g/mol. The molecule has 0 radical (unpaired) electrons. The maximum Gasteiger partial charge on any atom is 0.291 e. The molecule has 2 aliphatic heterocycles. The molecule has 1 atom stereocenters. The van der Waals surface area contributed by atoms with Crippen molar-refractivity contribution in [3.63, 3.8) is 0 Å². The van der Waals surface area contributed by atoms with E-state index in [1.807, 2.05) is 6.92 Å². The van der Waals surface area contributed by atoms with Gasteiger partial charge in [-0.25, -0.2) is 0 Å². The van der Waals surface area contributed by atoms with E-state index in [-0.39, 0.29) is 41.0 Å². The van der Waals surface area contributed by atoms with E-state index >= 15 is 0 Å². The van der Waals surface area contributed by atoms with E-state index in [0.717, 1.165) is 18.4 Å². The van der Waals surface area contributed by atoms with Crippen molar-refractivity contribution in [1.29, 1.82) is 0 Å². The molecule has 2 N–H and O–H groups in total. The molecule has 1 unspecified atom stereocenters. The minimum atomic E-state index is -0.482. The van der Waals surface area contributed by atoms with E-state index in [1.165, 1.54) is 35.4 Å². The van der Waals surface area contributed by atoms with E-state index < -0.39 is 17.7 Å². The molecule has 3 aromatic rings. The second-order valence-electron chi connectivity index (χ2n) is 8.55. The van der Waals surface area contributed by atoms with Crippen molar-refractivity contribution in [3.8, 4) is 0 Å². The van der Waals surface area contributed by atoms with Crippen molar-refractivity contribution >= 4 is 35.0 Å². The normalized spacial score (nSPS) is 16.9. The SMILES string of the molecule is Cc1ccc(NC(=O)c2ccco2)c(NC(=O)c2ccc3c(c2)C(=O)N(CC2CCCO2)C3=O)c1. The van der Waals surface area contributed by atoms with Crippen LogP contribution >= 0.6 is 0 Å². The van der Waals surface area contributed by atoms with Gasteiger partial charge in [0.25, 0.3) is 23.6 Å². The monoisotopic (exact) mass is 473 g/mol. The highest BCUT2D eigenvalue weighted by molar-refractivity contribution is 6.22. The highest BCUT2D eigenvalue weighted by atomic mass is 16.5. The van der Waals surface area contributed by atoms with Crippen LogP contribution in [0.2, 0.25) is 0 Å². The third kappa shape index (κ3) is 4.45. The number of hydrogen-bond donors (Lipinski definition) is 2. The van der Waals surface area contributed by atoms with Crippen LogP contribution in [0.1, 0.15) is 60.0 Å². The number of hydrogen-bond acceptors (Lipinski definition) is 6. The smallest absolute Gasteiger partial charge is 0.291 e. The summed E-state index contributed by atoms with van der Waals surface area (Å²) < 4.78 is 10.7. The molecule has 35 heavy (non-hydrogen) atoms. The molecule has 4 amide bonds. The van der Waals surface area contributed by atoms with Gasteiger partial charge in [0.1, 0.15) is 0 Å². The maximum atomic E-state index is 13.1. The van der Waals surface area contributed by atoms with Crippen molar-refractivity contribution in [2.45, 2.75) is 25.9 Å². The van der Waals surface area contributed by atoms with Gasteiger partial charge in [-0.1, -0.05) is 6.07 Å². The second-order valence-corrected chi connectivity index (χ2v) is 8.55. The number of nitrogens with one attached hydrogen (secondary N) is 2. The first-order chi connectivity index (χ1) is 16.9. The Bertz CT molecular complexity index is 1320. The summed E-state index contributed by atoms with van der Waals surface area (Å²) in [5.74, 6) is -1.62. The Balaban J connectivity index is 1.35. The van der Waals surface area contributed by atoms with Gasteiger partial charge in [0, 0.05) is 12.2 Å². The predicted octanol–water partition coefficient (Wildman–Crippen LogP) is 3.87. The average Bonchev–Trinajstić information content (AvgIpc) is 3.61. The van der Waals surface area contributed by atoms with Crippen LogP contribution in [0.15, 0.2) is 59.2 Å². The molecule has 2 aromatic carbocycles. The lowest BCUT2D eigenvalue weighted by atomic mass is 10.0. The standard InChI is InChI=1S/C26H23N3O6/c1-15-6-9-20(27-24(31)22-5-3-11-35-22)21(12-15)28-23(30)16-7-8-18-19(13-16)26(33)29(25(18)32)14-17-4-2-10-34-17/h3,5-9,11-13,17H,2,4,10,14H2,1H3,(H,27,31)(H,28,30). The van der Waals surface area contributed by atoms with Gasteiger partial charge in [0.2, 0.25) is 0 Å². The van der Waals surface area contributed by atoms with E-state index in [2.05, 4.69) is 10.6 Å². The molecule has 9 nitrogen and oxygen atoms in total. The molecular weight excluding hydrogens is 450 g/mol. The number of carbonyl (C=O) groups excluding carboxylic acids is 4. The molecule has 0 saturated carbocycles. The zero-order valence-electron chi connectivity index (χ0n) is 19.0. The largest absolute Gasteiger partial charge is 0.459 e. The van der Waals surface area contributed by atoms with Crippen LogP contribution in [-0.2, 0) is 4.74 Å². The number of benzene rings is 2. The molecule has 5 rings (SSSR count). The van der Waals surface area contributed by atoms with Crippen LogP contribution in [0.4, 0.5) is 11.4 Å². The highest BCUT2D eigenvalue weighted by Crippen LogP contribution is 2.28. The molecule has 0 aliphatic carbocycles. The van der Waals surface area contributed by atoms with Crippen LogP contribution in [0, 0.1) is 6.92 Å². The van der Waals surface area contributed by atoms with Crippen LogP contribution < -0.4 is 10.6 Å². The number of nitrogens with zero attached hydrogens (tertiary/aromatic N) is 1. The highest BCUT2D eigenvalue weighted by Gasteiger charge is 2.38. The first-order valence-electron chi connectivity index (χ1n) is 11.3. The van der Waals surface area contributed by atoms with Crippen LogP contribution in [-0.4, -0.2) is 47.8 Å². The number of amides is 4. The van der Waals surface area contributed by atoms with Crippen LogP contribution in [0.3, 0.4) is 0 Å². The minimum Gasteiger partial charge on any atom is -0.459 e. The number of anilines is 2. The summed E-state index contributed by atoms with van der Waals surface area (Å²) in [5.41, 5.74) is 2.32. The zero-order valence-corrected chi connectivity index (χ0v) is 19.0. The van der Waals surface area contributed by atoms with Crippen molar-refractivity contribution in [2.75, 3.05) is 23.8 Å². The first kappa shape index (κ1) is 22.5. The number of furan rings is 1. The fourth-order valence-electron chi connectivity index (χ4n) is 4.25. The van der Waals surface area contributed by atoms with E-state index in [9.17, 15) is 19.2 Å². The number of fused-ring (bicyclic) bond motifs is 1. The molecule has 2 aliphatic rings. The van der Waals surface area contributed by atoms with Gasteiger partial charge in [-0.2, -0.15) is 0 Å². The Morgan fingerprint density at radius 2 is 1.77 bits per heavy atom. The van der Waals surface area contributed by atoms with Gasteiger partial charge in [0.15, 0.2) is 5.76 Å². The van der Waals surface area contributed by atoms with E-state index in [4.69, 9.17) is 9.15 Å². The summed E-state index contributed by atoms with van der Waals surface area (Å²) in [6.45, 7) is 2.69. The molecule has 1 fully saturated rings. The van der Waals surface area contributed by atoms with Crippen molar-refractivity contribution < 1.29 is 28.3 Å². The summed E-state index contributed by atoms with van der Waals surface area (Å²) in [7, 11) is 0. The van der Waals surface area contributed by atoms with Gasteiger partial charge >= 0.3 is 0 Å². The maximum absolute atomic E-state index is 13.1. The summed E-state index contributed by atoms with van der Waals surface area (Å²) in [4.78, 5) is 52.3. The molecule has 1 saturated heterocycles. The Morgan fingerprint density at radius 3 is 2.51 bits per heavy atom. The molecule has 9 heteroatoms. The number of imide groups is 1. The molecule has 0 bridgehead atoms. The van der Waals surface area contributed by atoms with E-state index in [0.29, 0.717) is 18.0 Å². The third-order valence-electron chi connectivity index (χ3n) is 6.06. The zero-order chi connectivity index (χ0) is 24.5. The molecule has 178 valence electrons. The minimum absolute atomic E-state index is 0.136. The Labute approximate surface area is 201 Å². The quantitative estimate of drug-likeness (QED) is 0.525. The Morgan fingerprint density at radius 1 is 0.971 bits per heavy atom. The van der Waals surface area contributed by atoms with Crippen LogP contribution in [0.25, 0.3) is 0 Å². The Kier molecular flexibility index (Phi) is 5.92. The lowest BCUT2D eigenvalue weighted by Crippen LogP contribution is -2.36. The molecule has 0 spiro atoms. The Hall–Kier alpha value is -4.24. The molecule has 1 aromatic heterocycles. The third-order valence-corrected chi connectivity index (χ3v) is 6.06.